The van der Waals surface area contributed by atoms with Crippen molar-refractivity contribution in [2.75, 3.05) is 18.5 Å². The molecule has 0 aliphatic carbocycles. The van der Waals surface area contributed by atoms with Crippen LogP contribution in [0.1, 0.15) is 28.8 Å². The minimum Gasteiger partial charge on any atom is -0.406 e. The van der Waals surface area contributed by atoms with Crippen molar-refractivity contribution in [3.63, 3.8) is 0 Å². The van der Waals surface area contributed by atoms with E-state index in [1.165, 1.54) is 35.3 Å². The molecule has 1 saturated heterocycles. The highest BCUT2D eigenvalue weighted by atomic mass is 19.4. The number of hydrogen-bond acceptors (Lipinski definition) is 6. The summed E-state index contributed by atoms with van der Waals surface area (Å²) in [7, 11) is 0. The number of rotatable bonds is 8. The summed E-state index contributed by atoms with van der Waals surface area (Å²) in [6.45, 7) is 1.72. The molecule has 0 unspecified atom stereocenters. The van der Waals surface area contributed by atoms with E-state index in [9.17, 15) is 18.0 Å². The third-order valence-corrected chi connectivity index (χ3v) is 6.13. The van der Waals surface area contributed by atoms with Crippen LogP contribution in [0.5, 0.6) is 5.75 Å². The van der Waals surface area contributed by atoms with E-state index in [0.29, 0.717) is 48.1 Å². The van der Waals surface area contributed by atoms with Crippen molar-refractivity contribution < 1.29 is 32.2 Å². The molecule has 3 aromatic carbocycles. The van der Waals surface area contributed by atoms with Gasteiger partial charge in [0.2, 0.25) is 0 Å². The molecule has 8 nitrogen and oxygen atoms in total. The van der Waals surface area contributed by atoms with Gasteiger partial charge in [0.05, 0.1) is 18.4 Å². The Morgan fingerprint density at radius 2 is 1.72 bits per heavy atom. The Balaban J connectivity index is 1.21. The number of alkyl halides is 3. The number of aromatic nitrogens is 3. The Morgan fingerprint density at radius 1 is 1.00 bits per heavy atom. The van der Waals surface area contributed by atoms with E-state index in [1.54, 1.807) is 30.3 Å². The molecule has 0 radical (unpaired) electrons. The van der Waals surface area contributed by atoms with Crippen LogP contribution in [0.2, 0.25) is 0 Å². The molecule has 11 heteroatoms. The number of nitrogens with zero attached hydrogens (tertiary/aromatic N) is 3. The van der Waals surface area contributed by atoms with E-state index >= 15 is 0 Å². The molecule has 1 aliphatic rings. The average molecular weight is 539 g/mol. The monoisotopic (exact) mass is 538 g/mol. The quantitative estimate of drug-likeness (QED) is 0.306. The van der Waals surface area contributed by atoms with Crippen LogP contribution in [0.15, 0.2) is 79.1 Å². The van der Waals surface area contributed by atoms with E-state index in [1.807, 2.05) is 18.2 Å². The second-order valence-corrected chi connectivity index (χ2v) is 8.87. The number of anilines is 1. The van der Waals surface area contributed by atoms with E-state index in [4.69, 9.17) is 9.47 Å². The lowest BCUT2D eigenvalue weighted by Crippen LogP contribution is -2.24. The summed E-state index contributed by atoms with van der Waals surface area (Å²) in [6.07, 6.45) is -1.48. The maximum Gasteiger partial charge on any atom is 0.573 e. The smallest absolute Gasteiger partial charge is 0.406 e. The molecule has 2 heterocycles. The molecule has 1 amide bonds. The second kappa shape index (κ2) is 11.7. The van der Waals surface area contributed by atoms with Gasteiger partial charge in [0.15, 0.2) is 5.82 Å². The topological polar surface area (TPSA) is 87.5 Å². The van der Waals surface area contributed by atoms with Crippen molar-refractivity contribution in [1.82, 2.24) is 14.8 Å². The molecule has 0 spiro atoms. The Hall–Kier alpha value is -4.22. The van der Waals surface area contributed by atoms with Crippen molar-refractivity contribution in [3.05, 3.63) is 90.3 Å². The highest BCUT2D eigenvalue weighted by Gasteiger charge is 2.31. The van der Waals surface area contributed by atoms with Gasteiger partial charge in [-0.25, -0.2) is 9.67 Å². The molecule has 202 valence electrons. The van der Waals surface area contributed by atoms with Crippen LogP contribution in [-0.4, -0.2) is 46.4 Å². The predicted octanol–water partition coefficient (Wildman–Crippen LogP) is 5.78. The molecule has 1 N–H and O–H groups in total. The molecule has 0 saturated carbocycles. The fourth-order valence-electron chi connectivity index (χ4n) is 4.14. The first-order valence-corrected chi connectivity index (χ1v) is 12.3. The van der Waals surface area contributed by atoms with E-state index in [2.05, 4.69) is 20.1 Å². The lowest BCUT2D eigenvalue weighted by molar-refractivity contribution is -0.274. The molecule has 5 rings (SSSR count). The van der Waals surface area contributed by atoms with Crippen LogP contribution in [0.25, 0.3) is 17.1 Å². The van der Waals surface area contributed by atoms with Gasteiger partial charge in [0.25, 0.3) is 5.91 Å². The van der Waals surface area contributed by atoms with Crippen molar-refractivity contribution in [1.29, 1.82) is 0 Å². The molecular weight excluding hydrogens is 513 g/mol. The lowest BCUT2D eigenvalue weighted by atomic mass is 10.1. The van der Waals surface area contributed by atoms with Gasteiger partial charge in [-0.2, -0.15) is 0 Å². The summed E-state index contributed by atoms with van der Waals surface area (Å²) in [4.78, 5) is 17.3. The number of halogens is 3. The van der Waals surface area contributed by atoms with Gasteiger partial charge in [-0.3, -0.25) is 4.79 Å². The molecule has 0 bridgehead atoms. The number of benzene rings is 3. The number of nitrogens with one attached hydrogen (secondary N) is 1. The van der Waals surface area contributed by atoms with Gasteiger partial charge in [-0.15, -0.1) is 18.3 Å². The Labute approximate surface area is 222 Å². The highest BCUT2D eigenvalue weighted by molar-refractivity contribution is 6.05. The third-order valence-electron chi connectivity index (χ3n) is 6.13. The first-order chi connectivity index (χ1) is 18.8. The van der Waals surface area contributed by atoms with Crippen LogP contribution in [0.3, 0.4) is 0 Å². The highest BCUT2D eigenvalue weighted by Crippen LogP contribution is 2.25. The fourth-order valence-corrected chi connectivity index (χ4v) is 4.14. The molecule has 1 aliphatic heterocycles. The third kappa shape index (κ3) is 7.01. The molecule has 39 heavy (non-hydrogen) atoms. The number of carbonyl (C=O) groups excluding carboxylic acids is 1. The summed E-state index contributed by atoms with van der Waals surface area (Å²) < 4.78 is 53.8. The Kier molecular flexibility index (Phi) is 7.89. The SMILES string of the molecule is O=C(Nc1ccc(-c2ncn(-c3ccc(OC(F)(F)F)cc3)n2)cc1)c1ccccc1COC1CCOCC1. The second-order valence-electron chi connectivity index (χ2n) is 8.87. The zero-order chi connectivity index (χ0) is 27.2. The van der Waals surface area contributed by atoms with Gasteiger partial charge in [0.1, 0.15) is 12.1 Å². The van der Waals surface area contributed by atoms with E-state index < -0.39 is 6.36 Å². The maximum absolute atomic E-state index is 13.0. The summed E-state index contributed by atoms with van der Waals surface area (Å²) >= 11 is 0. The van der Waals surface area contributed by atoms with Crippen LogP contribution in [0, 0.1) is 0 Å². The van der Waals surface area contributed by atoms with Gasteiger partial charge in [0, 0.05) is 30.0 Å². The lowest BCUT2D eigenvalue weighted by Gasteiger charge is -2.23. The molecular formula is C28H25F3N4O4. The largest absolute Gasteiger partial charge is 0.573 e. The van der Waals surface area contributed by atoms with Crippen LogP contribution in [0.4, 0.5) is 18.9 Å². The zero-order valence-electron chi connectivity index (χ0n) is 20.7. The van der Waals surface area contributed by atoms with Crippen LogP contribution < -0.4 is 10.1 Å². The molecule has 4 aromatic rings. The Morgan fingerprint density at radius 3 is 2.44 bits per heavy atom. The summed E-state index contributed by atoms with van der Waals surface area (Å²) in [6, 6.07) is 19.7. The standard InChI is InChI=1S/C28H25F3N4O4/c29-28(30,31)39-24-11-9-22(10-12-24)35-18-32-26(34-35)19-5-7-21(8-6-19)33-27(36)25-4-2-1-3-20(25)17-38-23-13-15-37-16-14-23/h1-12,18,23H,13-17H2,(H,33,36). The van der Waals surface area contributed by atoms with E-state index in [0.717, 1.165) is 18.4 Å². The first kappa shape index (κ1) is 26.4. The minimum absolute atomic E-state index is 0.127. The van der Waals surface area contributed by atoms with Crippen LogP contribution in [-0.2, 0) is 16.1 Å². The summed E-state index contributed by atoms with van der Waals surface area (Å²) in [5.41, 5.74) is 3.18. The molecule has 1 fully saturated rings. The van der Waals surface area contributed by atoms with Gasteiger partial charge in [-0.05, 0) is 73.0 Å². The van der Waals surface area contributed by atoms with Gasteiger partial charge in [-0.1, -0.05) is 18.2 Å². The average Bonchev–Trinajstić information content (AvgIpc) is 3.43. The number of amides is 1. The Bertz CT molecular complexity index is 1400. The number of hydrogen-bond donors (Lipinski definition) is 1. The predicted molar refractivity (Wildman–Crippen MR) is 137 cm³/mol. The van der Waals surface area contributed by atoms with Crippen molar-refractivity contribution in [3.8, 4) is 22.8 Å². The van der Waals surface area contributed by atoms with Crippen molar-refractivity contribution in [2.45, 2.75) is 31.9 Å². The summed E-state index contributed by atoms with van der Waals surface area (Å²) in [5.74, 6) is -0.146. The molecule has 1 aromatic heterocycles. The fraction of sp³-hybridized carbons (Fsp3) is 0.250. The zero-order valence-corrected chi connectivity index (χ0v) is 20.7. The minimum atomic E-state index is -4.75. The van der Waals surface area contributed by atoms with Crippen LogP contribution >= 0.6 is 0 Å². The number of carbonyl (C=O) groups is 1. The normalized spacial score (nSPS) is 14.2. The van der Waals surface area contributed by atoms with Crippen molar-refractivity contribution >= 4 is 11.6 Å². The number of ether oxygens (including phenoxy) is 3. The first-order valence-electron chi connectivity index (χ1n) is 12.3. The van der Waals surface area contributed by atoms with Gasteiger partial charge >= 0.3 is 6.36 Å². The van der Waals surface area contributed by atoms with E-state index in [-0.39, 0.29) is 17.8 Å². The van der Waals surface area contributed by atoms with Crippen molar-refractivity contribution in [2.24, 2.45) is 0 Å². The molecule has 0 atom stereocenters. The van der Waals surface area contributed by atoms with Gasteiger partial charge < -0.3 is 19.5 Å². The maximum atomic E-state index is 13.0. The summed E-state index contributed by atoms with van der Waals surface area (Å²) in [5, 5.41) is 7.31.